The summed E-state index contributed by atoms with van der Waals surface area (Å²) in [5.41, 5.74) is 4.32. The molecule has 0 radical (unpaired) electrons. The van der Waals surface area contributed by atoms with Crippen molar-refractivity contribution >= 4 is 5.91 Å². The van der Waals surface area contributed by atoms with E-state index in [1.165, 1.54) is 17.5 Å². The van der Waals surface area contributed by atoms with Crippen LogP contribution in [0.5, 0.6) is 0 Å². The van der Waals surface area contributed by atoms with Crippen LogP contribution in [-0.4, -0.2) is 39.1 Å². The van der Waals surface area contributed by atoms with E-state index in [0.29, 0.717) is 11.7 Å². The molecule has 1 amide bonds. The molecule has 1 N–H and O–H groups in total. The van der Waals surface area contributed by atoms with Gasteiger partial charge in [-0.15, -0.1) is 0 Å². The van der Waals surface area contributed by atoms with Crippen molar-refractivity contribution in [1.82, 2.24) is 20.1 Å². The van der Waals surface area contributed by atoms with E-state index < -0.39 is 0 Å². The van der Waals surface area contributed by atoms with Gasteiger partial charge in [0.1, 0.15) is 6.33 Å². The van der Waals surface area contributed by atoms with Crippen molar-refractivity contribution < 1.29 is 4.79 Å². The van der Waals surface area contributed by atoms with Crippen molar-refractivity contribution in [1.29, 1.82) is 0 Å². The molecule has 1 aliphatic rings. The van der Waals surface area contributed by atoms with Gasteiger partial charge in [-0.3, -0.25) is 9.89 Å². The van der Waals surface area contributed by atoms with Crippen LogP contribution < -0.4 is 0 Å². The first-order chi connectivity index (χ1) is 12.7. The van der Waals surface area contributed by atoms with Crippen LogP contribution >= 0.6 is 0 Å². The summed E-state index contributed by atoms with van der Waals surface area (Å²) in [4.78, 5) is 19.1. The molecule has 4 rings (SSSR count). The van der Waals surface area contributed by atoms with Crippen molar-refractivity contribution in [2.45, 2.75) is 25.7 Å². The zero-order valence-electron chi connectivity index (χ0n) is 14.9. The third-order valence-corrected chi connectivity index (χ3v) is 5.16. The summed E-state index contributed by atoms with van der Waals surface area (Å²) < 4.78 is 0. The number of carbonyl (C=O) groups excluding carboxylic acids is 1. The Morgan fingerprint density at radius 1 is 1.15 bits per heavy atom. The number of aromatic nitrogens is 3. The Balaban J connectivity index is 1.50. The minimum absolute atomic E-state index is 0.104. The number of likely N-dealkylation sites (tertiary alicyclic amines) is 1. The van der Waals surface area contributed by atoms with Gasteiger partial charge in [-0.2, -0.15) is 5.10 Å². The first kappa shape index (κ1) is 16.5. The van der Waals surface area contributed by atoms with Gasteiger partial charge in [-0.1, -0.05) is 36.4 Å². The number of aryl methyl sites for hydroxylation is 1. The van der Waals surface area contributed by atoms with Crippen LogP contribution in [0.15, 0.2) is 54.9 Å². The van der Waals surface area contributed by atoms with Crippen LogP contribution in [0.4, 0.5) is 0 Å². The molecule has 1 aliphatic heterocycles. The molecular weight excluding hydrogens is 324 g/mol. The maximum absolute atomic E-state index is 12.9. The summed E-state index contributed by atoms with van der Waals surface area (Å²) >= 11 is 0. The zero-order chi connectivity index (χ0) is 17.9. The lowest BCUT2D eigenvalue weighted by atomic mass is 9.88. The standard InChI is InChI=1S/C21H22N4O/c1-15-5-2-3-7-19(15)18-6-4-12-25(13-18)21(26)17-10-8-16(9-11-17)20-22-14-23-24-20/h2-3,5,7-11,14,18H,4,6,12-13H2,1H3,(H,22,23,24)/t18-/m0/s1. The van der Waals surface area contributed by atoms with Crippen LogP contribution in [0.25, 0.3) is 11.4 Å². The van der Waals surface area contributed by atoms with Crippen LogP contribution in [-0.2, 0) is 0 Å². The van der Waals surface area contributed by atoms with Crippen molar-refractivity contribution in [2.24, 2.45) is 0 Å². The highest BCUT2D eigenvalue weighted by molar-refractivity contribution is 5.94. The number of aromatic amines is 1. The maximum atomic E-state index is 12.9. The number of rotatable bonds is 3. The summed E-state index contributed by atoms with van der Waals surface area (Å²) in [6.07, 6.45) is 3.66. The highest BCUT2D eigenvalue weighted by Crippen LogP contribution is 2.29. The average Bonchev–Trinajstić information content (AvgIpc) is 3.23. The second-order valence-electron chi connectivity index (χ2n) is 6.86. The van der Waals surface area contributed by atoms with Gasteiger partial charge in [0.25, 0.3) is 5.91 Å². The molecular formula is C21H22N4O. The van der Waals surface area contributed by atoms with E-state index in [2.05, 4.69) is 46.4 Å². The highest BCUT2D eigenvalue weighted by atomic mass is 16.2. The predicted molar refractivity (Wildman–Crippen MR) is 101 cm³/mol. The molecule has 132 valence electrons. The van der Waals surface area contributed by atoms with Gasteiger partial charge in [-0.25, -0.2) is 4.98 Å². The van der Waals surface area contributed by atoms with Gasteiger partial charge in [0, 0.05) is 30.1 Å². The molecule has 0 aliphatic carbocycles. The predicted octanol–water partition coefficient (Wildman–Crippen LogP) is 3.80. The number of piperidine rings is 1. The number of carbonyl (C=O) groups is 1. The minimum atomic E-state index is 0.104. The van der Waals surface area contributed by atoms with Gasteiger partial charge in [-0.05, 0) is 43.0 Å². The molecule has 1 atom stereocenters. The molecule has 5 nitrogen and oxygen atoms in total. The number of nitrogens with zero attached hydrogens (tertiary/aromatic N) is 3. The van der Waals surface area contributed by atoms with Crippen LogP contribution in [0.3, 0.4) is 0 Å². The Bertz CT molecular complexity index is 887. The average molecular weight is 346 g/mol. The normalized spacial score (nSPS) is 17.3. The number of hydrogen-bond donors (Lipinski definition) is 1. The molecule has 5 heteroatoms. The number of hydrogen-bond acceptors (Lipinski definition) is 3. The third kappa shape index (κ3) is 3.25. The SMILES string of the molecule is Cc1ccccc1[C@H]1CCCN(C(=O)c2ccc(-c3ncn[nH]3)cc2)C1. The lowest BCUT2D eigenvalue weighted by Gasteiger charge is -2.33. The Morgan fingerprint density at radius 3 is 2.69 bits per heavy atom. The smallest absolute Gasteiger partial charge is 0.253 e. The fourth-order valence-electron chi connectivity index (χ4n) is 3.76. The van der Waals surface area contributed by atoms with Crippen molar-refractivity contribution in [3.05, 3.63) is 71.5 Å². The molecule has 0 saturated carbocycles. The summed E-state index contributed by atoms with van der Waals surface area (Å²) in [6, 6.07) is 16.1. The summed E-state index contributed by atoms with van der Waals surface area (Å²) in [5.74, 6) is 1.23. The first-order valence-corrected chi connectivity index (χ1v) is 9.03. The lowest BCUT2D eigenvalue weighted by molar-refractivity contribution is 0.0707. The summed E-state index contributed by atoms with van der Waals surface area (Å²) in [6.45, 7) is 3.76. The van der Waals surface area contributed by atoms with E-state index in [4.69, 9.17) is 0 Å². The molecule has 1 fully saturated rings. The van der Waals surface area contributed by atoms with Crippen LogP contribution in [0.2, 0.25) is 0 Å². The highest BCUT2D eigenvalue weighted by Gasteiger charge is 2.26. The zero-order valence-corrected chi connectivity index (χ0v) is 14.9. The number of H-pyrrole nitrogens is 1. The first-order valence-electron chi connectivity index (χ1n) is 9.03. The number of amides is 1. The fourth-order valence-corrected chi connectivity index (χ4v) is 3.76. The van der Waals surface area contributed by atoms with E-state index in [0.717, 1.165) is 37.1 Å². The monoisotopic (exact) mass is 346 g/mol. The van der Waals surface area contributed by atoms with Crippen LogP contribution in [0, 0.1) is 6.92 Å². The quantitative estimate of drug-likeness (QED) is 0.785. The van der Waals surface area contributed by atoms with Crippen molar-refractivity contribution in [2.75, 3.05) is 13.1 Å². The number of nitrogens with one attached hydrogen (secondary N) is 1. The Morgan fingerprint density at radius 2 is 1.96 bits per heavy atom. The molecule has 0 unspecified atom stereocenters. The number of benzene rings is 2. The molecule has 0 bridgehead atoms. The van der Waals surface area contributed by atoms with Crippen molar-refractivity contribution in [3.8, 4) is 11.4 Å². The Kier molecular flexibility index (Phi) is 4.52. The van der Waals surface area contributed by atoms with E-state index in [-0.39, 0.29) is 5.91 Å². The van der Waals surface area contributed by atoms with Crippen LogP contribution in [0.1, 0.15) is 40.2 Å². The van der Waals surface area contributed by atoms with E-state index >= 15 is 0 Å². The van der Waals surface area contributed by atoms with E-state index in [1.54, 1.807) is 0 Å². The summed E-state index contributed by atoms with van der Waals surface area (Å²) in [7, 11) is 0. The molecule has 1 saturated heterocycles. The van der Waals surface area contributed by atoms with Crippen molar-refractivity contribution in [3.63, 3.8) is 0 Å². The molecule has 2 aromatic carbocycles. The second kappa shape index (κ2) is 7.12. The molecule has 2 heterocycles. The van der Waals surface area contributed by atoms with Gasteiger partial charge in [0.05, 0.1) is 0 Å². The summed E-state index contributed by atoms with van der Waals surface area (Å²) in [5, 5.41) is 6.70. The second-order valence-corrected chi connectivity index (χ2v) is 6.86. The molecule has 1 aromatic heterocycles. The molecule has 0 spiro atoms. The van der Waals surface area contributed by atoms with Gasteiger partial charge in [0.15, 0.2) is 5.82 Å². The van der Waals surface area contributed by atoms with E-state index in [9.17, 15) is 4.79 Å². The topological polar surface area (TPSA) is 61.9 Å². The van der Waals surface area contributed by atoms with Gasteiger partial charge >= 0.3 is 0 Å². The Labute approximate surface area is 153 Å². The lowest BCUT2D eigenvalue weighted by Crippen LogP contribution is -2.39. The van der Waals surface area contributed by atoms with Gasteiger partial charge < -0.3 is 4.90 Å². The minimum Gasteiger partial charge on any atom is -0.338 e. The maximum Gasteiger partial charge on any atom is 0.253 e. The third-order valence-electron chi connectivity index (χ3n) is 5.16. The van der Waals surface area contributed by atoms with Gasteiger partial charge in [0.2, 0.25) is 0 Å². The Hall–Kier alpha value is -2.95. The largest absolute Gasteiger partial charge is 0.338 e. The molecule has 26 heavy (non-hydrogen) atoms. The van der Waals surface area contributed by atoms with E-state index in [1.807, 2.05) is 29.2 Å². The molecule has 3 aromatic rings. The fraction of sp³-hybridized carbons (Fsp3) is 0.286.